The summed E-state index contributed by atoms with van der Waals surface area (Å²) in [5.41, 5.74) is 2.00. The SMILES string of the molecule is OCC(c1ccccc1)c1ccccn1. The number of aliphatic hydroxyl groups is 1. The fraction of sp³-hybridized carbons (Fsp3) is 0.154. The van der Waals surface area contributed by atoms with Crippen molar-refractivity contribution in [2.24, 2.45) is 0 Å². The van der Waals surface area contributed by atoms with Crippen molar-refractivity contribution in [3.63, 3.8) is 0 Å². The quantitative estimate of drug-likeness (QED) is 0.822. The molecule has 1 N–H and O–H groups in total. The molecule has 2 heteroatoms. The lowest BCUT2D eigenvalue weighted by Crippen LogP contribution is -2.07. The van der Waals surface area contributed by atoms with E-state index in [-0.39, 0.29) is 12.5 Å². The lowest BCUT2D eigenvalue weighted by atomic mass is 9.96. The molecule has 15 heavy (non-hydrogen) atoms. The van der Waals surface area contributed by atoms with Gasteiger partial charge < -0.3 is 5.11 Å². The van der Waals surface area contributed by atoms with Gasteiger partial charge in [0.05, 0.1) is 12.3 Å². The van der Waals surface area contributed by atoms with Crippen molar-refractivity contribution in [2.45, 2.75) is 5.92 Å². The zero-order chi connectivity index (χ0) is 10.5. The number of hydrogen-bond donors (Lipinski definition) is 1. The number of aromatic nitrogens is 1. The summed E-state index contributed by atoms with van der Waals surface area (Å²) in [6.45, 7) is 0.0844. The topological polar surface area (TPSA) is 33.1 Å². The van der Waals surface area contributed by atoms with Gasteiger partial charge in [-0.25, -0.2) is 0 Å². The Morgan fingerprint density at radius 1 is 1.00 bits per heavy atom. The molecule has 0 aliphatic carbocycles. The summed E-state index contributed by atoms with van der Waals surface area (Å²) >= 11 is 0. The predicted molar refractivity (Wildman–Crippen MR) is 59.6 cm³/mol. The number of nitrogens with zero attached hydrogens (tertiary/aromatic N) is 1. The number of aliphatic hydroxyl groups excluding tert-OH is 1. The molecule has 76 valence electrons. The molecule has 0 radical (unpaired) electrons. The first kappa shape index (κ1) is 9.87. The minimum Gasteiger partial charge on any atom is -0.395 e. The van der Waals surface area contributed by atoms with Crippen LogP contribution in [0.15, 0.2) is 54.7 Å². The van der Waals surface area contributed by atoms with Crippen molar-refractivity contribution in [3.05, 3.63) is 66.0 Å². The molecule has 0 aliphatic heterocycles. The molecule has 0 fully saturated rings. The van der Waals surface area contributed by atoms with E-state index in [1.807, 2.05) is 48.5 Å². The van der Waals surface area contributed by atoms with Crippen LogP contribution in [0, 0.1) is 0 Å². The Morgan fingerprint density at radius 3 is 2.33 bits per heavy atom. The lowest BCUT2D eigenvalue weighted by molar-refractivity contribution is 0.279. The van der Waals surface area contributed by atoms with E-state index >= 15 is 0 Å². The van der Waals surface area contributed by atoms with Crippen LogP contribution in [0.2, 0.25) is 0 Å². The molecule has 0 spiro atoms. The fourth-order valence-electron chi connectivity index (χ4n) is 1.64. The third kappa shape index (κ3) is 2.22. The number of benzene rings is 1. The zero-order valence-electron chi connectivity index (χ0n) is 8.38. The van der Waals surface area contributed by atoms with Gasteiger partial charge in [-0.1, -0.05) is 36.4 Å². The average Bonchev–Trinajstić information content (AvgIpc) is 2.33. The first-order chi connectivity index (χ1) is 7.42. The summed E-state index contributed by atoms with van der Waals surface area (Å²) in [5, 5.41) is 9.39. The van der Waals surface area contributed by atoms with Gasteiger partial charge in [-0.2, -0.15) is 0 Å². The molecule has 1 atom stereocenters. The summed E-state index contributed by atoms with van der Waals surface area (Å²) in [6.07, 6.45) is 1.75. The minimum absolute atomic E-state index is 0.0209. The number of hydrogen-bond acceptors (Lipinski definition) is 2. The summed E-state index contributed by atoms with van der Waals surface area (Å²) in [5.74, 6) is -0.0209. The molecule has 2 nitrogen and oxygen atoms in total. The van der Waals surface area contributed by atoms with Gasteiger partial charge in [0.15, 0.2) is 0 Å². The Kier molecular flexibility index (Phi) is 3.10. The third-order valence-electron chi connectivity index (χ3n) is 2.43. The third-order valence-corrected chi connectivity index (χ3v) is 2.43. The molecule has 0 amide bonds. The molecule has 2 aromatic rings. The van der Waals surface area contributed by atoms with Crippen LogP contribution in [-0.2, 0) is 0 Å². The van der Waals surface area contributed by atoms with Gasteiger partial charge in [0.1, 0.15) is 0 Å². The van der Waals surface area contributed by atoms with E-state index in [0.717, 1.165) is 11.3 Å². The molecular formula is C13H13NO. The maximum atomic E-state index is 9.39. The molecule has 1 aromatic carbocycles. The van der Waals surface area contributed by atoms with E-state index in [4.69, 9.17) is 0 Å². The van der Waals surface area contributed by atoms with E-state index in [1.165, 1.54) is 0 Å². The molecule has 1 aromatic heterocycles. The number of rotatable bonds is 3. The van der Waals surface area contributed by atoms with Crippen LogP contribution in [0.5, 0.6) is 0 Å². The van der Waals surface area contributed by atoms with Crippen LogP contribution in [0.1, 0.15) is 17.2 Å². The Labute approximate surface area is 89.2 Å². The van der Waals surface area contributed by atoms with Gasteiger partial charge >= 0.3 is 0 Å². The second-order valence-electron chi connectivity index (χ2n) is 3.40. The van der Waals surface area contributed by atoms with Crippen molar-refractivity contribution < 1.29 is 5.11 Å². The van der Waals surface area contributed by atoms with Crippen molar-refractivity contribution in [2.75, 3.05) is 6.61 Å². The first-order valence-corrected chi connectivity index (χ1v) is 4.98. The van der Waals surface area contributed by atoms with Gasteiger partial charge in [0, 0.05) is 12.1 Å². The highest BCUT2D eigenvalue weighted by molar-refractivity contribution is 5.28. The highest BCUT2D eigenvalue weighted by Gasteiger charge is 2.12. The van der Waals surface area contributed by atoms with Gasteiger partial charge in [-0.05, 0) is 17.7 Å². The zero-order valence-corrected chi connectivity index (χ0v) is 8.38. The van der Waals surface area contributed by atoms with E-state index < -0.39 is 0 Å². The highest BCUT2D eigenvalue weighted by Crippen LogP contribution is 2.21. The van der Waals surface area contributed by atoms with E-state index in [0.29, 0.717) is 0 Å². The molecular weight excluding hydrogens is 186 g/mol. The second kappa shape index (κ2) is 4.71. The average molecular weight is 199 g/mol. The first-order valence-electron chi connectivity index (χ1n) is 4.98. The molecule has 0 saturated carbocycles. The maximum absolute atomic E-state index is 9.39. The van der Waals surface area contributed by atoms with Crippen LogP contribution in [0.4, 0.5) is 0 Å². The van der Waals surface area contributed by atoms with E-state index in [2.05, 4.69) is 4.98 Å². The van der Waals surface area contributed by atoms with Crippen molar-refractivity contribution in [1.82, 2.24) is 4.98 Å². The molecule has 2 rings (SSSR count). The monoisotopic (exact) mass is 199 g/mol. The standard InChI is InChI=1S/C13H13NO/c15-10-12(11-6-2-1-3-7-11)13-8-4-5-9-14-13/h1-9,12,15H,10H2. The van der Waals surface area contributed by atoms with Crippen LogP contribution in [0.3, 0.4) is 0 Å². The van der Waals surface area contributed by atoms with Crippen LogP contribution >= 0.6 is 0 Å². The normalized spacial score (nSPS) is 12.3. The lowest BCUT2D eigenvalue weighted by Gasteiger charge is -2.13. The molecule has 0 aliphatic rings. The molecule has 1 unspecified atom stereocenters. The Morgan fingerprint density at radius 2 is 1.73 bits per heavy atom. The Bertz CT molecular complexity index is 360. The summed E-state index contributed by atoms with van der Waals surface area (Å²) in [4.78, 5) is 4.27. The molecule has 0 saturated heterocycles. The van der Waals surface area contributed by atoms with Gasteiger partial charge in [-0.3, -0.25) is 4.98 Å². The van der Waals surface area contributed by atoms with Gasteiger partial charge in [0.25, 0.3) is 0 Å². The number of pyridine rings is 1. The van der Waals surface area contributed by atoms with Crippen LogP contribution in [-0.4, -0.2) is 16.7 Å². The summed E-state index contributed by atoms with van der Waals surface area (Å²) in [7, 11) is 0. The molecule has 0 bridgehead atoms. The van der Waals surface area contributed by atoms with E-state index in [1.54, 1.807) is 6.20 Å². The van der Waals surface area contributed by atoms with Crippen LogP contribution < -0.4 is 0 Å². The van der Waals surface area contributed by atoms with Crippen molar-refractivity contribution >= 4 is 0 Å². The van der Waals surface area contributed by atoms with Gasteiger partial charge in [-0.15, -0.1) is 0 Å². The smallest absolute Gasteiger partial charge is 0.0555 e. The molecule has 1 heterocycles. The summed E-state index contributed by atoms with van der Waals surface area (Å²) in [6, 6.07) is 15.7. The maximum Gasteiger partial charge on any atom is 0.0555 e. The van der Waals surface area contributed by atoms with E-state index in [9.17, 15) is 5.11 Å². The van der Waals surface area contributed by atoms with Crippen LogP contribution in [0.25, 0.3) is 0 Å². The van der Waals surface area contributed by atoms with Gasteiger partial charge in [0.2, 0.25) is 0 Å². The highest BCUT2D eigenvalue weighted by atomic mass is 16.3. The van der Waals surface area contributed by atoms with Crippen molar-refractivity contribution in [1.29, 1.82) is 0 Å². The second-order valence-corrected chi connectivity index (χ2v) is 3.40. The Balaban J connectivity index is 2.34. The van der Waals surface area contributed by atoms with Crippen molar-refractivity contribution in [3.8, 4) is 0 Å². The minimum atomic E-state index is -0.0209. The Hall–Kier alpha value is -1.67. The largest absolute Gasteiger partial charge is 0.395 e. The summed E-state index contributed by atoms with van der Waals surface area (Å²) < 4.78 is 0. The predicted octanol–water partition coefficient (Wildman–Crippen LogP) is 2.21. The fourth-order valence-corrected chi connectivity index (χ4v) is 1.64.